The molecule has 0 atom stereocenters. The number of benzene rings is 1. The zero-order valence-corrected chi connectivity index (χ0v) is 12.3. The Kier molecular flexibility index (Phi) is 3.46. The number of carbonyl (C=O) groups is 1. The molecule has 1 aromatic carbocycles. The van der Waals surface area contributed by atoms with Gasteiger partial charge in [-0.2, -0.15) is 4.40 Å². The smallest absolute Gasteiger partial charge is 0.379 e. The fourth-order valence-corrected chi connectivity index (χ4v) is 2.95. The first kappa shape index (κ1) is 13.1. The summed E-state index contributed by atoms with van der Waals surface area (Å²) < 4.78 is 6.85. The summed E-state index contributed by atoms with van der Waals surface area (Å²) in [6, 6.07) is 7.54. The minimum absolute atomic E-state index is 0.314. The summed E-state index contributed by atoms with van der Waals surface area (Å²) in [4.78, 5) is 16.0. The van der Waals surface area contributed by atoms with E-state index in [1.807, 2.05) is 34.9 Å². The molecule has 0 unspecified atom stereocenters. The molecule has 2 heterocycles. The van der Waals surface area contributed by atoms with E-state index < -0.39 is 0 Å². The molecule has 0 aliphatic carbocycles. The molecule has 3 aromatic rings. The normalized spacial score (nSPS) is 10.9. The fourth-order valence-electron chi connectivity index (χ4n) is 1.96. The highest BCUT2D eigenvalue weighted by atomic mass is 35.5. The maximum absolute atomic E-state index is 11.8. The zero-order valence-electron chi connectivity index (χ0n) is 10.7. The summed E-state index contributed by atoms with van der Waals surface area (Å²) in [6.45, 7) is 2.16. The molecule has 20 heavy (non-hydrogen) atoms. The number of aromatic amines is 1. The van der Waals surface area contributed by atoms with E-state index in [2.05, 4.69) is 4.98 Å². The van der Waals surface area contributed by atoms with E-state index in [-0.39, 0.29) is 5.97 Å². The van der Waals surface area contributed by atoms with Gasteiger partial charge in [-0.05, 0) is 31.2 Å². The number of halogens is 1. The van der Waals surface area contributed by atoms with Gasteiger partial charge in [0, 0.05) is 10.6 Å². The van der Waals surface area contributed by atoms with E-state index in [0.717, 1.165) is 16.2 Å². The van der Waals surface area contributed by atoms with Gasteiger partial charge in [0.1, 0.15) is 6.20 Å². The number of fused-ring (bicyclic) bond motifs is 1. The van der Waals surface area contributed by atoms with Crippen LogP contribution in [0.4, 0.5) is 0 Å². The number of esters is 1. The Balaban J connectivity index is 2.03. The minimum atomic E-state index is -0.314. The molecular formula is C14H12ClN2O2S+. The maximum Gasteiger partial charge on any atom is 0.379 e. The Bertz CT molecular complexity index is 761. The first-order valence-electron chi connectivity index (χ1n) is 6.14. The summed E-state index contributed by atoms with van der Waals surface area (Å²) >= 11 is 7.35. The quantitative estimate of drug-likeness (QED) is 0.596. The molecular weight excluding hydrogens is 296 g/mol. The van der Waals surface area contributed by atoms with Gasteiger partial charge in [-0.1, -0.05) is 22.9 Å². The second-order valence-electron chi connectivity index (χ2n) is 4.19. The van der Waals surface area contributed by atoms with Crippen molar-refractivity contribution < 1.29 is 13.9 Å². The van der Waals surface area contributed by atoms with Crippen LogP contribution in [0.15, 0.2) is 35.8 Å². The maximum atomic E-state index is 11.8. The molecule has 0 spiro atoms. The van der Waals surface area contributed by atoms with Gasteiger partial charge in [-0.3, -0.25) is 0 Å². The Morgan fingerprint density at radius 3 is 2.85 bits per heavy atom. The second-order valence-corrected chi connectivity index (χ2v) is 5.49. The number of hydrogen-bond donors (Lipinski definition) is 1. The number of imidazole rings is 1. The van der Waals surface area contributed by atoms with Crippen molar-refractivity contribution in [3.8, 4) is 11.3 Å². The van der Waals surface area contributed by atoms with Crippen LogP contribution in [0.5, 0.6) is 0 Å². The molecule has 4 nitrogen and oxygen atoms in total. The summed E-state index contributed by atoms with van der Waals surface area (Å²) in [7, 11) is 0. The molecule has 0 saturated heterocycles. The predicted molar refractivity (Wildman–Crippen MR) is 78.2 cm³/mol. The highest BCUT2D eigenvalue weighted by Crippen LogP contribution is 2.21. The van der Waals surface area contributed by atoms with Crippen molar-refractivity contribution in [1.29, 1.82) is 0 Å². The van der Waals surface area contributed by atoms with Crippen LogP contribution in [0.3, 0.4) is 0 Å². The molecule has 102 valence electrons. The average molecular weight is 308 g/mol. The van der Waals surface area contributed by atoms with Gasteiger partial charge in [0.15, 0.2) is 5.69 Å². The second kappa shape index (κ2) is 5.26. The Morgan fingerprint density at radius 2 is 2.15 bits per heavy atom. The lowest BCUT2D eigenvalue weighted by atomic mass is 10.2. The van der Waals surface area contributed by atoms with Gasteiger partial charge >= 0.3 is 10.9 Å². The third-order valence-corrected chi connectivity index (χ3v) is 4.02. The summed E-state index contributed by atoms with van der Waals surface area (Å²) in [5.41, 5.74) is 2.47. The van der Waals surface area contributed by atoms with Gasteiger partial charge in [-0.15, -0.1) is 0 Å². The van der Waals surface area contributed by atoms with E-state index >= 15 is 0 Å². The molecule has 1 N–H and O–H groups in total. The van der Waals surface area contributed by atoms with Crippen LogP contribution in [0.1, 0.15) is 17.4 Å². The van der Waals surface area contributed by atoms with Crippen LogP contribution in [0, 0.1) is 0 Å². The molecule has 0 amide bonds. The van der Waals surface area contributed by atoms with Gasteiger partial charge < -0.3 is 4.74 Å². The van der Waals surface area contributed by atoms with Gasteiger partial charge in [0.2, 0.25) is 5.69 Å². The van der Waals surface area contributed by atoms with E-state index in [1.165, 1.54) is 11.3 Å². The van der Waals surface area contributed by atoms with Crippen molar-refractivity contribution in [2.45, 2.75) is 6.92 Å². The number of thiazole rings is 1. The topological polar surface area (TPSA) is 46.2 Å². The van der Waals surface area contributed by atoms with Crippen LogP contribution in [0.25, 0.3) is 16.2 Å². The van der Waals surface area contributed by atoms with Crippen molar-refractivity contribution in [2.75, 3.05) is 6.61 Å². The molecule has 6 heteroatoms. The van der Waals surface area contributed by atoms with E-state index in [0.29, 0.717) is 17.3 Å². The van der Waals surface area contributed by atoms with Crippen LogP contribution >= 0.6 is 22.9 Å². The number of hydrogen-bond acceptors (Lipinski definition) is 3. The molecule has 0 bridgehead atoms. The van der Waals surface area contributed by atoms with Crippen molar-refractivity contribution in [3.63, 3.8) is 0 Å². The largest absolute Gasteiger partial charge is 0.460 e. The number of aromatic nitrogens is 2. The van der Waals surface area contributed by atoms with Crippen LogP contribution in [0.2, 0.25) is 5.02 Å². The van der Waals surface area contributed by atoms with Gasteiger partial charge in [-0.25, -0.2) is 9.78 Å². The van der Waals surface area contributed by atoms with E-state index in [9.17, 15) is 4.79 Å². The lowest BCUT2D eigenvalue weighted by Gasteiger charge is -1.95. The van der Waals surface area contributed by atoms with Gasteiger partial charge in [0.25, 0.3) is 0 Å². The molecule has 0 saturated carbocycles. The molecule has 0 aliphatic rings. The van der Waals surface area contributed by atoms with E-state index in [1.54, 1.807) is 12.3 Å². The fraction of sp³-hybridized carbons (Fsp3) is 0.143. The van der Waals surface area contributed by atoms with Gasteiger partial charge in [0.05, 0.1) is 12.0 Å². The lowest BCUT2D eigenvalue weighted by Crippen LogP contribution is -2.26. The first-order valence-corrected chi connectivity index (χ1v) is 7.39. The monoisotopic (exact) mass is 307 g/mol. The summed E-state index contributed by atoms with van der Waals surface area (Å²) in [5, 5.41) is 2.48. The van der Waals surface area contributed by atoms with Crippen molar-refractivity contribution in [2.24, 2.45) is 0 Å². The lowest BCUT2D eigenvalue weighted by molar-refractivity contribution is -0.508. The number of nitrogens with zero attached hydrogens (tertiary/aromatic N) is 1. The number of ether oxygens (including phenoxy) is 1. The number of nitrogens with one attached hydrogen (secondary N) is 1. The standard InChI is InChI=1S/C14H11ClN2O2S/c1-2-19-13(18)12-8-20-14-16-11(7-17(12)14)9-3-5-10(15)6-4-9/h3-8H,2H2,1H3/p+1. The third-order valence-electron chi connectivity index (χ3n) is 2.90. The SMILES string of the molecule is CCOC(=O)c1csc2[nH]c(-c3ccc(Cl)cc3)c[n+]12. The predicted octanol–water partition coefficient (Wildman–Crippen LogP) is 3.31. The zero-order chi connectivity index (χ0) is 14.1. The first-order chi connectivity index (χ1) is 9.69. The molecule has 3 rings (SSSR count). The Labute approximate surface area is 124 Å². The Hall–Kier alpha value is -1.85. The summed E-state index contributed by atoms with van der Waals surface area (Å²) in [6.07, 6.45) is 1.89. The van der Waals surface area contributed by atoms with Crippen molar-refractivity contribution >= 4 is 33.9 Å². The number of rotatable bonds is 3. The number of carbonyl (C=O) groups excluding carboxylic acids is 1. The number of H-pyrrole nitrogens is 1. The minimum Gasteiger partial charge on any atom is -0.460 e. The van der Waals surface area contributed by atoms with Crippen LogP contribution in [-0.4, -0.2) is 17.6 Å². The Morgan fingerprint density at radius 1 is 1.40 bits per heavy atom. The molecule has 2 aromatic heterocycles. The third kappa shape index (κ3) is 2.30. The molecule has 0 aliphatic heterocycles. The van der Waals surface area contributed by atoms with Crippen molar-refractivity contribution in [1.82, 2.24) is 4.98 Å². The summed E-state index contributed by atoms with van der Waals surface area (Å²) in [5.74, 6) is -0.314. The van der Waals surface area contributed by atoms with Crippen LogP contribution in [-0.2, 0) is 4.74 Å². The highest BCUT2D eigenvalue weighted by Gasteiger charge is 2.22. The van der Waals surface area contributed by atoms with E-state index in [4.69, 9.17) is 16.3 Å². The average Bonchev–Trinajstić information content (AvgIpc) is 2.99. The highest BCUT2D eigenvalue weighted by molar-refractivity contribution is 7.14. The van der Waals surface area contributed by atoms with Crippen molar-refractivity contribution in [3.05, 3.63) is 46.6 Å². The van der Waals surface area contributed by atoms with Crippen LogP contribution < -0.4 is 4.40 Å². The molecule has 0 radical (unpaired) electrons. The molecule has 0 fully saturated rings.